The molecule has 0 bridgehead atoms. The Kier molecular flexibility index (Phi) is 3.23. The van der Waals surface area contributed by atoms with Crippen molar-refractivity contribution in [2.24, 2.45) is 17.1 Å². The Balaban J connectivity index is 1.58. The molecule has 1 spiro atoms. The smallest absolute Gasteiger partial charge is 0.136 e. The molecule has 2 saturated carbocycles. The Bertz CT molecular complexity index is 326. The molecule has 0 amide bonds. The number of ether oxygens (including phenoxy) is 1. The molecule has 1 unspecified atom stereocenters. The molecule has 1 saturated heterocycles. The normalized spacial score (nSPS) is 32.6. The van der Waals surface area contributed by atoms with Crippen LogP contribution in [0.5, 0.6) is 0 Å². The highest BCUT2D eigenvalue weighted by Crippen LogP contribution is 2.47. The van der Waals surface area contributed by atoms with Gasteiger partial charge in [-0.3, -0.25) is 4.79 Å². The van der Waals surface area contributed by atoms with E-state index < -0.39 is 0 Å². The number of hydrogen-bond acceptors (Lipinski definition) is 3. The van der Waals surface area contributed by atoms with Gasteiger partial charge in [-0.2, -0.15) is 0 Å². The van der Waals surface area contributed by atoms with Crippen LogP contribution < -0.4 is 5.73 Å². The van der Waals surface area contributed by atoms with Gasteiger partial charge in [0.1, 0.15) is 5.78 Å². The van der Waals surface area contributed by atoms with E-state index in [1.807, 2.05) is 0 Å². The maximum atomic E-state index is 12.5. The lowest BCUT2D eigenvalue weighted by Crippen LogP contribution is -2.48. The number of Topliss-reactive ketones (excluding diaryl/α,β-unsaturated/α-hetero) is 1. The molecule has 2 N–H and O–H groups in total. The molecule has 0 aromatic rings. The second-order valence-electron chi connectivity index (χ2n) is 6.78. The third-order valence-electron chi connectivity index (χ3n) is 5.61. The van der Waals surface area contributed by atoms with Crippen molar-refractivity contribution in [3.05, 3.63) is 0 Å². The fraction of sp³-hybridized carbons (Fsp3) is 0.933. The van der Waals surface area contributed by atoms with Gasteiger partial charge in [0.15, 0.2) is 0 Å². The van der Waals surface area contributed by atoms with Gasteiger partial charge in [-0.1, -0.05) is 6.42 Å². The van der Waals surface area contributed by atoms with E-state index in [9.17, 15) is 4.79 Å². The molecule has 3 rings (SSSR count). The first-order valence-electron chi connectivity index (χ1n) is 7.54. The zero-order chi connectivity index (χ0) is 12.6. The number of nitrogens with two attached hydrogens (primary N) is 1. The van der Waals surface area contributed by atoms with E-state index in [1.54, 1.807) is 0 Å². The molecule has 0 aromatic carbocycles. The average molecular weight is 251 g/mol. The highest BCUT2D eigenvalue weighted by Gasteiger charge is 2.46. The Hall–Kier alpha value is -0.410. The minimum absolute atomic E-state index is 0.0913. The summed E-state index contributed by atoms with van der Waals surface area (Å²) in [5.74, 6) is 0.720. The van der Waals surface area contributed by atoms with Crippen molar-refractivity contribution < 1.29 is 9.53 Å². The minimum atomic E-state index is 0.0913. The summed E-state index contributed by atoms with van der Waals surface area (Å²) >= 11 is 0. The van der Waals surface area contributed by atoms with Crippen molar-refractivity contribution in [1.29, 1.82) is 0 Å². The molecule has 2 aliphatic carbocycles. The van der Waals surface area contributed by atoms with Crippen molar-refractivity contribution in [1.82, 2.24) is 0 Å². The van der Waals surface area contributed by atoms with E-state index in [-0.39, 0.29) is 16.9 Å². The van der Waals surface area contributed by atoms with Crippen LogP contribution in [-0.2, 0) is 9.53 Å². The largest absolute Gasteiger partial charge is 0.375 e. The molecule has 102 valence electrons. The Morgan fingerprint density at radius 3 is 2.44 bits per heavy atom. The fourth-order valence-corrected chi connectivity index (χ4v) is 3.87. The van der Waals surface area contributed by atoms with Crippen LogP contribution in [0.2, 0.25) is 0 Å². The minimum Gasteiger partial charge on any atom is -0.375 e. The lowest BCUT2D eigenvalue weighted by atomic mass is 9.63. The van der Waals surface area contributed by atoms with E-state index in [0.29, 0.717) is 12.3 Å². The summed E-state index contributed by atoms with van der Waals surface area (Å²) in [6, 6.07) is 0. The van der Waals surface area contributed by atoms with Gasteiger partial charge >= 0.3 is 0 Å². The third kappa shape index (κ3) is 2.12. The van der Waals surface area contributed by atoms with Crippen LogP contribution >= 0.6 is 0 Å². The van der Waals surface area contributed by atoms with E-state index in [2.05, 4.69) is 0 Å². The lowest BCUT2D eigenvalue weighted by molar-refractivity contribution is -0.157. The molecule has 1 aliphatic heterocycles. The summed E-state index contributed by atoms with van der Waals surface area (Å²) in [5.41, 5.74) is 6.12. The number of rotatable bonds is 4. The zero-order valence-electron chi connectivity index (χ0n) is 11.2. The molecule has 3 fully saturated rings. The maximum absolute atomic E-state index is 12.5. The van der Waals surface area contributed by atoms with Gasteiger partial charge in [0, 0.05) is 18.9 Å². The number of ketones is 1. The van der Waals surface area contributed by atoms with Crippen LogP contribution in [0.25, 0.3) is 0 Å². The standard InChI is InChI=1S/C15H25NO2/c16-11-14(4-1-5-14)10-13(17)12-3-8-18-15(9-12)6-2-7-15/h12H,1-11,16H2. The van der Waals surface area contributed by atoms with Crippen LogP contribution in [0.3, 0.4) is 0 Å². The molecular weight excluding hydrogens is 226 g/mol. The molecular formula is C15H25NO2. The summed E-state index contributed by atoms with van der Waals surface area (Å²) in [6.45, 7) is 1.47. The number of hydrogen-bond donors (Lipinski definition) is 1. The van der Waals surface area contributed by atoms with Crippen LogP contribution in [0.1, 0.15) is 57.8 Å². The highest BCUT2D eigenvalue weighted by molar-refractivity contribution is 5.82. The number of carbonyl (C=O) groups is 1. The first kappa shape index (κ1) is 12.6. The maximum Gasteiger partial charge on any atom is 0.136 e. The molecule has 3 heteroatoms. The monoisotopic (exact) mass is 251 g/mol. The van der Waals surface area contributed by atoms with Crippen LogP contribution in [0, 0.1) is 11.3 Å². The summed E-state index contributed by atoms with van der Waals surface area (Å²) in [7, 11) is 0. The Morgan fingerprint density at radius 2 is 1.94 bits per heavy atom. The second-order valence-corrected chi connectivity index (χ2v) is 6.78. The molecule has 0 radical (unpaired) electrons. The van der Waals surface area contributed by atoms with E-state index >= 15 is 0 Å². The van der Waals surface area contributed by atoms with Gasteiger partial charge in [0.05, 0.1) is 5.60 Å². The summed E-state index contributed by atoms with van der Waals surface area (Å²) in [4.78, 5) is 12.5. The van der Waals surface area contributed by atoms with Gasteiger partial charge < -0.3 is 10.5 Å². The highest BCUT2D eigenvalue weighted by atomic mass is 16.5. The predicted molar refractivity (Wildman–Crippen MR) is 70.2 cm³/mol. The first-order chi connectivity index (χ1) is 8.67. The number of carbonyl (C=O) groups excluding carboxylic acids is 1. The van der Waals surface area contributed by atoms with E-state index in [4.69, 9.17) is 10.5 Å². The SMILES string of the molecule is NCC1(CC(=O)C2CCOC3(CCC3)C2)CCC1. The van der Waals surface area contributed by atoms with Crippen molar-refractivity contribution in [2.45, 2.75) is 63.4 Å². The fourth-order valence-electron chi connectivity index (χ4n) is 3.87. The zero-order valence-corrected chi connectivity index (χ0v) is 11.2. The van der Waals surface area contributed by atoms with Crippen LogP contribution in [0.4, 0.5) is 0 Å². The lowest BCUT2D eigenvalue weighted by Gasteiger charge is -2.48. The third-order valence-corrected chi connectivity index (χ3v) is 5.61. The Labute approximate surface area is 109 Å². The van der Waals surface area contributed by atoms with Crippen molar-refractivity contribution in [3.8, 4) is 0 Å². The van der Waals surface area contributed by atoms with Crippen LogP contribution in [-0.4, -0.2) is 24.5 Å². The second kappa shape index (κ2) is 4.61. The van der Waals surface area contributed by atoms with Crippen molar-refractivity contribution in [2.75, 3.05) is 13.2 Å². The molecule has 1 atom stereocenters. The predicted octanol–water partition coefficient (Wildman–Crippen LogP) is 2.42. The van der Waals surface area contributed by atoms with Crippen LogP contribution in [0.15, 0.2) is 0 Å². The molecule has 18 heavy (non-hydrogen) atoms. The Morgan fingerprint density at radius 1 is 1.22 bits per heavy atom. The van der Waals surface area contributed by atoms with E-state index in [0.717, 1.165) is 38.7 Å². The quantitative estimate of drug-likeness (QED) is 0.835. The van der Waals surface area contributed by atoms with E-state index in [1.165, 1.54) is 25.7 Å². The van der Waals surface area contributed by atoms with Gasteiger partial charge in [0.2, 0.25) is 0 Å². The van der Waals surface area contributed by atoms with Crippen molar-refractivity contribution >= 4 is 5.78 Å². The molecule has 3 aliphatic rings. The van der Waals surface area contributed by atoms with Gasteiger partial charge in [-0.05, 0) is 56.9 Å². The van der Waals surface area contributed by atoms with Gasteiger partial charge in [-0.25, -0.2) is 0 Å². The summed E-state index contributed by atoms with van der Waals surface area (Å²) < 4.78 is 5.90. The summed E-state index contributed by atoms with van der Waals surface area (Å²) in [5, 5.41) is 0. The van der Waals surface area contributed by atoms with Gasteiger partial charge in [-0.15, -0.1) is 0 Å². The van der Waals surface area contributed by atoms with Crippen molar-refractivity contribution in [3.63, 3.8) is 0 Å². The molecule has 3 nitrogen and oxygen atoms in total. The molecule has 1 heterocycles. The summed E-state index contributed by atoms with van der Waals surface area (Å²) in [6.07, 6.45) is 9.80. The van der Waals surface area contributed by atoms with Gasteiger partial charge in [0.25, 0.3) is 0 Å². The average Bonchev–Trinajstić information content (AvgIpc) is 2.32. The first-order valence-corrected chi connectivity index (χ1v) is 7.54. The topological polar surface area (TPSA) is 52.3 Å². The molecule has 0 aromatic heterocycles.